The second-order valence-corrected chi connectivity index (χ2v) is 7.67. The van der Waals surface area contributed by atoms with Crippen LogP contribution in [0.2, 0.25) is 0 Å². The third-order valence-electron chi connectivity index (χ3n) is 4.91. The van der Waals surface area contributed by atoms with E-state index in [4.69, 9.17) is 9.73 Å². The largest absolute Gasteiger partial charge is 0.379 e. The quantitative estimate of drug-likeness (QED) is 0.279. The molecule has 2 rings (SSSR count). The summed E-state index contributed by atoms with van der Waals surface area (Å²) in [7, 11) is 1.66. The molecule has 0 unspecified atom stereocenters. The fourth-order valence-electron chi connectivity index (χ4n) is 3.10. The number of benzene rings is 1. The van der Waals surface area contributed by atoms with Crippen LogP contribution in [0.4, 0.5) is 0 Å². The van der Waals surface area contributed by atoms with Crippen LogP contribution in [0, 0.1) is 5.41 Å². The number of ether oxygens (including phenoxy) is 1. The molecule has 1 saturated heterocycles. The van der Waals surface area contributed by atoms with Crippen molar-refractivity contribution in [3.8, 4) is 0 Å². The van der Waals surface area contributed by atoms with Crippen LogP contribution in [0.1, 0.15) is 31.9 Å². The Morgan fingerprint density at radius 2 is 1.83 bits per heavy atom. The van der Waals surface area contributed by atoms with E-state index in [0.29, 0.717) is 13.1 Å². The van der Waals surface area contributed by atoms with Gasteiger partial charge in [0, 0.05) is 39.8 Å². The highest BCUT2D eigenvalue weighted by molar-refractivity contribution is 14.0. The van der Waals surface area contributed by atoms with Gasteiger partial charge >= 0.3 is 0 Å². The third-order valence-corrected chi connectivity index (χ3v) is 4.91. The number of hydrogen-bond acceptors (Lipinski definition) is 4. The molecule has 29 heavy (non-hydrogen) atoms. The summed E-state index contributed by atoms with van der Waals surface area (Å²) >= 11 is 0. The van der Waals surface area contributed by atoms with Gasteiger partial charge in [0.2, 0.25) is 5.91 Å². The topological polar surface area (TPSA) is 78.0 Å². The standard InChI is InChI=1S/C21H35N5O2.HI/c1-5-23-20(25-16-21(2,3)19(27)22-4)24-14-17-8-6-7-9-18(17)15-26-10-12-28-13-11-26;/h6-9H,5,10-16H2,1-4H3,(H,22,27)(H2,23,24,25);1H. The Hall–Kier alpha value is -1.39. The van der Waals surface area contributed by atoms with Crippen molar-refractivity contribution >= 4 is 35.8 Å². The van der Waals surface area contributed by atoms with Crippen LogP contribution < -0.4 is 16.0 Å². The minimum atomic E-state index is -0.515. The zero-order valence-corrected chi connectivity index (χ0v) is 20.4. The van der Waals surface area contributed by atoms with Crippen LogP contribution in [0.5, 0.6) is 0 Å². The number of morpholine rings is 1. The number of nitrogens with one attached hydrogen (secondary N) is 3. The van der Waals surface area contributed by atoms with Gasteiger partial charge in [-0.2, -0.15) is 0 Å². The summed E-state index contributed by atoms with van der Waals surface area (Å²) in [6.45, 7) is 12.2. The van der Waals surface area contributed by atoms with E-state index >= 15 is 0 Å². The van der Waals surface area contributed by atoms with Gasteiger partial charge in [0.1, 0.15) is 0 Å². The molecule has 0 bridgehead atoms. The molecule has 1 fully saturated rings. The fourth-order valence-corrected chi connectivity index (χ4v) is 3.10. The molecule has 0 atom stereocenters. The van der Waals surface area contributed by atoms with E-state index in [-0.39, 0.29) is 29.9 Å². The maximum atomic E-state index is 12.0. The lowest BCUT2D eigenvalue weighted by Gasteiger charge is -2.27. The highest BCUT2D eigenvalue weighted by atomic mass is 127. The molecule has 1 aromatic carbocycles. The summed E-state index contributed by atoms with van der Waals surface area (Å²) in [5.74, 6) is 0.729. The van der Waals surface area contributed by atoms with Gasteiger partial charge in [-0.15, -0.1) is 24.0 Å². The average molecular weight is 517 g/mol. The predicted molar refractivity (Wildman–Crippen MR) is 129 cm³/mol. The lowest BCUT2D eigenvalue weighted by atomic mass is 9.92. The maximum absolute atomic E-state index is 12.0. The molecule has 3 N–H and O–H groups in total. The van der Waals surface area contributed by atoms with Gasteiger partial charge in [-0.05, 0) is 31.9 Å². The van der Waals surface area contributed by atoms with E-state index in [1.165, 1.54) is 11.1 Å². The number of aliphatic imine (C=N–C) groups is 1. The summed E-state index contributed by atoms with van der Waals surface area (Å²) in [6, 6.07) is 8.45. The highest BCUT2D eigenvalue weighted by Crippen LogP contribution is 2.15. The number of rotatable bonds is 8. The second-order valence-electron chi connectivity index (χ2n) is 7.67. The zero-order chi connectivity index (χ0) is 20.4. The van der Waals surface area contributed by atoms with E-state index in [0.717, 1.165) is 45.4 Å². The highest BCUT2D eigenvalue weighted by Gasteiger charge is 2.26. The van der Waals surface area contributed by atoms with Crippen LogP contribution in [-0.2, 0) is 22.6 Å². The first-order valence-corrected chi connectivity index (χ1v) is 10.1. The van der Waals surface area contributed by atoms with Crippen LogP contribution in [0.15, 0.2) is 29.3 Å². The van der Waals surface area contributed by atoms with Crippen molar-refractivity contribution < 1.29 is 9.53 Å². The van der Waals surface area contributed by atoms with Crippen molar-refractivity contribution in [2.24, 2.45) is 10.4 Å². The van der Waals surface area contributed by atoms with E-state index in [1.54, 1.807) is 7.05 Å². The molecule has 0 aliphatic carbocycles. The van der Waals surface area contributed by atoms with E-state index < -0.39 is 5.41 Å². The fraction of sp³-hybridized carbons (Fsp3) is 0.619. The Morgan fingerprint density at radius 1 is 1.17 bits per heavy atom. The Labute approximate surface area is 192 Å². The van der Waals surface area contributed by atoms with E-state index in [9.17, 15) is 4.79 Å². The van der Waals surface area contributed by atoms with Crippen molar-refractivity contribution in [3.63, 3.8) is 0 Å². The lowest BCUT2D eigenvalue weighted by molar-refractivity contribution is -0.128. The molecule has 8 heteroatoms. The van der Waals surface area contributed by atoms with E-state index in [1.807, 2.05) is 20.8 Å². The molecule has 1 aliphatic rings. The SMILES string of the molecule is CCNC(=NCc1ccccc1CN1CCOCC1)NCC(C)(C)C(=O)NC.I. The first-order chi connectivity index (χ1) is 13.5. The summed E-state index contributed by atoms with van der Waals surface area (Å²) < 4.78 is 5.44. The molecule has 0 spiro atoms. The van der Waals surface area contributed by atoms with E-state index in [2.05, 4.69) is 45.1 Å². The number of amides is 1. The van der Waals surface area contributed by atoms with Gasteiger partial charge in [-0.3, -0.25) is 9.69 Å². The Morgan fingerprint density at radius 3 is 2.45 bits per heavy atom. The van der Waals surface area contributed by atoms with Gasteiger partial charge in [-0.1, -0.05) is 24.3 Å². The number of carbonyl (C=O) groups excluding carboxylic acids is 1. The maximum Gasteiger partial charge on any atom is 0.227 e. The van der Waals surface area contributed by atoms with Gasteiger partial charge in [0.15, 0.2) is 5.96 Å². The average Bonchev–Trinajstić information content (AvgIpc) is 2.71. The van der Waals surface area contributed by atoms with Crippen LogP contribution in [0.3, 0.4) is 0 Å². The molecule has 1 heterocycles. The smallest absolute Gasteiger partial charge is 0.227 e. The van der Waals surface area contributed by atoms with Crippen molar-refractivity contribution in [2.45, 2.75) is 33.9 Å². The monoisotopic (exact) mass is 517 g/mol. The van der Waals surface area contributed by atoms with Crippen LogP contribution in [0.25, 0.3) is 0 Å². The second kappa shape index (κ2) is 13.0. The first kappa shape index (κ1) is 25.6. The molecule has 164 valence electrons. The van der Waals surface area contributed by atoms with Crippen LogP contribution >= 0.6 is 24.0 Å². The van der Waals surface area contributed by atoms with Gasteiger partial charge in [0.25, 0.3) is 0 Å². The molecular weight excluding hydrogens is 481 g/mol. The molecule has 1 aliphatic heterocycles. The van der Waals surface area contributed by atoms with Crippen molar-refractivity contribution in [3.05, 3.63) is 35.4 Å². The lowest BCUT2D eigenvalue weighted by Crippen LogP contribution is -2.47. The minimum absolute atomic E-state index is 0. The summed E-state index contributed by atoms with van der Waals surface area (Å²) in [5.41, 5.74) is 2.01. The Balaban J connectivity index is 0.00000420. The predicted octanol–water partition coefficient (Wildman–Crippen LogP) is 1.96. The first-order valence-electron chi connectivity index (χ1n) is 10.1. The molecule has 1 amide bonds. The Kier molecular flexibility index (Phi) is 11.5. The number of hydrogen-bond donors (Lipinski definition) is 3. The molecular formula is C21H36IN5O2. The number of nitrogens with zero attached hydrogens (tertiary/aromatic N) is 2. The van der Waals surface area contributed by atoms with Gasteiger partial charge < -0.3 is 20.7 Å². The molecule has 7 nitrogen and oxygen atoms in total. The van der Waals surface area contributed by atoms with Crippen molar-refractivity contribution in [1.82, 2.24) is 20.9 Å². The summed E-state index contributed by atoms with van der Waals surface area (Å²) in [4.78, 5) is 19.2. The van der Waals surface area contributed by atoms with Crippen LogP contribution in [-0.4, -0.2) is 63.2 Å². The molecule has 1 aromatic rings. The normalized spacial score (nSPS) is 15.4. The minimum Gasteiger partial charge on any atom is -0.379 e. The molecule has 0 saturated carbocycles. The van der Waals surface area contributed by atoms with Crippen molar-refractivity contribution in [1.29, 1.82) is 0 Å². The molecule has 0 radical (unpaired) electrons. The Bertz CT molecular complexity index is 660. The van der Waals surface area contributed by atoms with Crippen molar-refractivity contribution in [2.75, 3.05) is 46.4 Å². The number of halogens is 1. The number of guanidine groups is 1. The summed E-state index contributed by atoms with van der Waals surface area (Å²) in [6.07, 6.45) is 0. The van der Waals surface area contributed by atoms with Gasteiger partial charge in [0.05, 0.1) is 25.2 Å². The zero-order valence-electron chi connectivity index (χ0n) is 18.1. The van der Waals surface area contributed by atoms with Gasteiger partial charge in [-0.25, -0.2) is 4.99 Å². The molecule has 0 aromatic heterocycles. The number of carbonyl (C=O) groups is 1. The summed E-state index contributed by atoms with van der Waals surface area (Å²) in [5, 5.41) is 9.27. The third kappa shape index (κ3) is 8.47.